The van der Waals surface area contributed by atoms with Crippen LogP contribution in [0.15, 0.2) is 36.5 Å². The van der Waals surface area contributed by atoms with Gasteiger partial charge in [-0.15, -0.1) is 0 Å². The number of esters is 1. The van der Waals surface area contributed by atoms with E-state index in [0.29, 0.717) is 5.56 Å². The van der Waals surface area contributed by atoms with E-state index in [2.05, 4.69) is 27.6 Å². The average Bonchev–Trinajstić information content (AvgIpc) is 3.03. The monoisotopic (exact) mass is 431 g/mol. The van der Waals surface area contributed by atoms with Crippen LogP contribution in [-0.4, -0.2) is 41.1 Å². The summed E-state index contributed by atoms with van der Waals surface area (Å²) in [5, 5.41) is 1.15. The molecular weight excluding hydrogens is 407 g/mol. The van der Waals surface area contributed by atoms with E-state index in [-0.39, 0.29) is 6.54 Å². The molecule has 0 saturated carbocycles. The number of carbonyl (C=O) groups excluding carboxylic acids is 1. The zero-order valence-corrected chi connectivity index (χ0v) is 17.7. The summed E-state index contributed by atoms with van der Waals surface area (Å²) in [6, 6.07) is 8.44. The molecule has 0 aliphatic carbocycles. The van der Waals surface area contributed by atoms with Crippen molar-refractivity contribution in [1.82, 2.24) is 14.5 Å². The number of carbonyl (C=O) groups is 1. The second-order valence-corrected chi connectivity index (χ2v) is 8.09. The molecule has 0 spiro atoms. The zero-order chi connectivity index (χ0) is 22.3. The quantitative estimate of drug-likeness (QED) is 0.578. The predicted octanol–water partition coefficient (Wildman–Crippen LogP) is 4.31. The maximum absolute atomic E-state index is 12.9. The minimum atomic E-state index is -4.53. The average molecular weight is 431 g/mol. The van der Waals surface area contributed by atoms with Gasteiger partial charge in [-0.05, 0) is 43.3 Å². The molecule has 0 saturated heterocycles. The third kappa shape index (κ3) is 4.04. The number of hydrogen-bond acceptors (Lipinski definition) is 4. The molecule has 0 bridgehead atoms. The Labute approximate surface area is 178 Å². The molecule has 1 unspecified atom stereocenters. The van der Waals surface area contributed by atoms with Crippen molar-refractivity contribution in [2.24, 2.45) is 0 Å². The number of methoxy groups -OCH3 is 1. The van der Waals surface area contributed by atoms with E-state index in [1.54, 1.807) is 0 Å². The molecule has 0 radical (unpaired) electrons. The summed E-state index contributed by atoms with van der Waals surface area (Å²) in [6.07, 6.45) is -2.57. The number of likely N-dealkylation sites (N-methyl/N-ethyl adjacent to an activating group) is 1. The molecule has 4 rings (SSSR count). The first-order chi connectivity index (χ1) is 14.7. The minimum absolute atomic E-state index is 0.276. The van der Waals surface area contributed by atoms with Crippen LogP contribution >= 0.6 is 0 Å². The Morgan fingerprint density at radius 2 is 2.03 bits per heavy atom. The summed E-state index contributed by atoms with van der Waals surface area (Å²) in [6.45, 7) is 4.03. The maximum Gasteiger partial charge on any atom is 0.433 e. The van der Waals surface area contributed by atoms with Crippen LogP contribution in [0.1, 0.15) is 34.0 Å². The normalized spacial score (nSPS) is 15.7. The summed E-state index contributed by atoms with van der Waals surface area (Å²) >= 11 is 0. The Morgan fingerprint density at radius 3 is 2.68 bits per heavy atom. The van der Waals surface area contributed by atoms with Crippen LogP contribution < -0.4 is 0 Å². The maximum atomic E-state index is 12.9. The minimum Gasteiger partial charge on any atom is -0.468 e. The number of ether oxygens (including phenoxy) is 1. The number of pyridine rings is 1. The molecule has 3 heterocycles. The fourth-order valence-corrected chi connectivity index (χ4v) is 4.33. The molecule has 1 atom stereocenters. The molecule has 1 aliphatic rings. The highest BCUT2D eigenvalue weighted by Gasteiger charge is 2.33. The molecule has 8 heteroatoms. The molecule has 31 heavy (non-hydrogen) atoms. The lowest BCUT2D eigenvalue weighted by molar-refractivity contribution is -0.142. The number of benzene rings is 1. The molecule has 0 N–H and O–H groups in total. The zero-order valence-electron chi connectivity index (χ0n) is 17.7. The lowest BCUT2D eigenvalue weighted by Crippen LogP contribution is -2.28. The Kier molecular flexibility index (Phi) is 5.51. The smallest absolute Gasteiger partial charge is 0.433 e. The topological polar surface area (TPSA) is 47.4 Å². The molecule has 1 aliphatic heterocycles. The summed E-state index contributed by atoms with van der Waals surface area (Å²) in [4.78, 5) is 18.4. The van der Waals surface area contributed by atoms with Gasteiger partial charge in [0.05, 0.1) is 7.11 Å². The second kappa shape index (κ2) is 8.00. The van der Waals surface area contributed by atoms with E-state index in [0.717, 1.165) is 53.9 Å². The highest BCUT2D eigenvalue weighted by Crippen LogP contribution is 2.34. The number of rotatable bonds is 4. The van der Waals surface area contributed by atoms with Crippen molar-refractivity contribution in [3.8, 4) is 0 Å². The third-order valence-corrected chi connectivity index (χ3v) is 5.93. The fourth-order valence-electron chi connectivity index (χ4n) is 4.33. The van der Waals surface area contributed by atoms with Crippen LogP contribution in [0.4, 0.5) is 13.2 Å². The van der Waals surface area contributed by atoms with Gasteiger partial charge in [0.2, 0.25) is 0 Å². The first kappa shape index (κ1) is 21.4. The van der Waals surface area contributed by atoms with Crippen LogP contribution in [0.25, 0.3) is 10.9 Å². The van der Waals surface area contributed by atoms with Gasteiger partial charge in [-0.1, -0.05) is 17.7 Å². The van der Waals surface area contributed by atoms with Crippen molar-refractivity contribution >= 4 is 16.9 Å². The number of fused-ring (bicyclic) bond motifs is 3. The fraction of sp³-hybridized carbons (Fsp3) is 0.391. The number of aromatic nitrogens is 2. The summed E-state index contributed by atoms with van der Waals surface area (Å²) in [5.41, 5.74) is 3.98. The van der Waals surface area contributed by atoms with Crippen LogP contribution in [0, 0.1) is 6.92 Å². The van der Waals surface area contributed by atoms with Gasteiger partial charge in [-0.3, -0.25) is 9.78 Å². The molecular formula is C23H24F3N3O2. The van der Waals surface area contributed by atoms with E-state index >= 15 is 0 Å². The van der Waals surface area contributed by atoms with Crippen molar-refractivity contribution in [2.45, 2.75) is 38.5 Å². The summed E-state index contributed by atoms with van der Waals surface area (Å²) < 4.78 is 45.9. The number of alkyl halides is 3. The lowest BCUT2D eigenvalue weighted by Gasteiger charge is -2.25. The number of nitrogens with zero attached hydrogens (tertiary/aromatic N) is 3. The van der Waals surface area contributed by atoms with E-state index in [9.17, 15) is 18.0 Å². The van der Waals surface area contributed by atoms with Crippen molar-refractivity contribution < 1.29 is 22.7 Å². The highest BCUT2D eigenvalue weighted by atomic mass is 19.4. The largest absolute Gasteiger partial charge is 0.468 e. The molecule has 1 aromatic carbocycles. The molecule has 164 valence electrons. The second-order valence-electron chi connectivity index (χ2n) is 8.09. The van der Waals surface area contributed by atoms with E-state index in [1.165, 1.54) is 18.7 Å². The van der Waals surface area contributed by atoms with Gasteiger partial charge in [0.15, 0.2) is 0 Å². The van der Waals surface area contributed by atoms with Gasteiger partial charge in [0, 0.05) is 48.8 Å². The van der Waals surface area contributed by atoms with Gasteiger partial charge in [-0.25, -0.2) is 0 Å². The molecule has 3 aromatic rings. The van der Waals surface area contributed by atoms with E-state index in [4.69, 9.17) is 4.74 Å². The SMILES string of the molecule is COC(=O)C(Cn1c2c(c3cc(C)ccc31)CN(C)CC2)c1ccc(C(F)(F)F)nc1. The Balaban J connectivity index is 1.79. The molecule has 5 nitrogen and oxygen atoms in total. The van der Waals surface area contributed by atoms with Gasteiger partial charge in [0.1, 0.15) is 11.6 Å². The standard InChI is InChI=1S/C23H24F3N3O2/c1-14-4-6-19-16(10-14)18-12-28(2)9-8-20(18)29(19)13-17(22(30)31-3)15-5-7-21(27-11-15)23(24,25)26/h4-7,10-11,17H,8-9,12-13H2,1-3H3. The van der Waals surface area contributed by atoms with Crippen LogP contribution in [0.3, 0.4) is 0 Å². The third-order valence-electron chi connectivity index (χ3n) is 5.93. The lowest BCUT2D eigenvalue weighted by atomic mass is 10.00. The van der Waals surface area contributed by atoms with Crippen LogP contribution in [0.5, 0.6) is 0 Å². The predicted molar refractivity (Wildman–Crippen MR) is 111 cm³/mol. The highest BCUT2D eigenvalue weighted by molar-refractivity contribution is 5.87. The summed E-state index contributed by atoms with van der Waals surface area (Å²) in [7, 11) is 3.36. The van der Waals surface area contributed by atoms with Crippen molar-refractivity contribution in [3.63, 3.8) is 0 Å². The molecule has 2 aromatic heterocycles. The first-order valence-corrected chi connectivity index (χ1v) is 10.1. The Bertz CT molecular complexity index is 1120. The number of halogens is 3. The molecule has 0 fully saturated rings. The van der Waals surface area contributed by atoms with E-state index < -0.39 is 23.8 Å². The van der Waals surface area contributed by atoms with Crippen molar-refractivity contribution in [3.05, 3.63) is 64.6 Å². The van der Waals surface area contributed by atoms with E-state index in [1.807, 2.05) is 19.1 Å². The van der Waals surface area contributed by atoms with Crippen LogP contribution in [0.2, 0.25) is 0 Å². The van der Waals surface area contributed by atoms with Gasteiger partial charge in [0.25, 0.3) is 0 Å². The van der Waals surface area contributed by atoms with Crippen molar-refractivity contribution in [1.29, 1.82) is 0 Å². The van der Waals surface area contributed by atoms with Gasteiger partial charge in [-0.2, -0.15) is 13.2 Å². The van der Waals surface area contributed by atoms with Crippen molar-refractivity contribution in [2.75, 3.05) is 20.7 Å². The molecule has 0 amide bonds. The van der Waals surface area contributed by atoms with Gasteiger partial charge < -0.3 is 14.2 Å². The summed E-state index contributed by atoms with van der Waals surface area (Å²) in [5.74, 6) is -1.27. The Morgan fingerprint density at radius 1 is 1.26 bits per heavy atom. The van der Waals surface area contributed by atoms with Gasteiger partial charge >= 0.3 is 12.1 Å². The first-order valence-electron chi connectivity index (χ1n) is 10.1. The number of aryl methyl sites for hydroxylation is 1. The Hall–Kier alpha value is -2.87. The van der Waals surface area contributed by atoms with Crippen LogP contribution in [-0.2, 0) is 35.2 Å². The number of hydrogen-bond donors (Lipinski definition) is 0.